The summed E-state index contributed by atoms with van der Waals surface area (Å²) in [5, 5.41) is 0. The molecule has 1 aromatic heterocycles. The summed E-state index contributed by atoms with van der Waals surface area (Å²) in [6.45, 7) is 0. The van der Waals surface area contributed by atoms with E-state index in [4.69, 9.17) is 0 Å². The molecule has 1 nitrogen and oxygen atoms in total. The molecule has 17 heavy (non-hydrogen) atoms. The van der Waals surface area contributed by atoms with E-state index in [-0.39, 0.29) is 25.5 Å². The van der Waals surface area contributed by atoms with Gasteiger partial charge in [0.25, 0.3) is 0 Å². The number of aromatic nitrogens is 1. The average molecular weight is 398 g/mol. The van der Waals surface area contributed by atoms with Crippen molar-refractivity contribution >= 4 is 0 Å². The average Bonchev–Trinajstić information content (AvgIpc) is 3.09. The molecule has 0 amide bonds. The number of nitrogens with zero attached hydrogens (tertiary/aromatic N) is 1. The van der Waals surface area contributed by atoms with Gasteiger partial charge in [0, 0.05) is 32.0 Å². The summed E-state index contributed by atoms with van der Waals surface area (Å²) in [5.74, 6) is 2.13. The zero-order chi connectivity index (χ0) is 10.6. The number of pyridine rings is 1. The molecule has 0 spiro atoms. The molecule has 1 aromatic rings. The van der Waals surface area contributed by atoms with Crippen LogP contribution >= 0.6 is 0 Å². The normalized spacial score (nSPS) is 39.4. The van der Waals surface area contributed by atoms with Crippen molar-refractivity contribution in [1.29, 1.82) is 0 Å². The Hall–Kier alpha value is -0.981. The van der Waals surface area contributed by atoms with Crippen LogP contribution in [-0.4, -0.2) is 4.98 Å². The standard InChI is InChI=1S/C15H12N.Ir/c1-2-10-16-14(3-1)15-7-4-11-12(5-8-15)13(11)6-9-15;/h1-8,10-13H;/q-1;. The van der Waals surface area contributed by atoms with E-state index in [1.165, 1.54) is 0 Å². The van der Waals surface area contributed by atoms with Crippen LogP contribution in [0.25, 0.3) is 0 Å². The maximum Gasteiger partial charge on any atom is 0.0270 e. The van der Waals surface area contributed by atoms with Gasteiger partial charge in [-0.1, -0.05) is 23.6 Å². The fourth-order valence-electron chi connectivity index (χ4n) is 2.88. The molecule has 2 unspecified atom stereocenters. The first kappa shape index (κ1) is 11.1. The molecule has 4 aliphatic carbocycles. The van der Waals surface area contributed by atoms with Gasteiger partial charge in [0.05, 0.1) is 0 Å². The molecule has 0 N–H and O–H groups in total. The van der Waals surface area contributed by atoms with Crippen LogP contribution in [0.3, 0.4) is 0 Å². The first-order valence-electron chi connectivity index (χ1n) is 5.80. The zero-order valence-electron chi connectivity index (χ0n) is 9.21. The molecule has 0 saturated heterocycles. The minimum atomic E-state index is -0.209. The van der Waals surface area contributed by atoms with Gasteiger partial charge in [-0.2, -0.15) is 0 Å². The maximum absolute atomic E-state index is 4.48. The third-order valence-electron chi connectivity index (χ3n) is 3.96. The number of allylic oxidation sites excluding steroid dienone is 6. The number of rotatable bonds is 1. The summed E-state index contributed by atoms with van der Waals surface area (Å²) in [6, 6.07) is 6.08. The molecule has 1 fully saturated rings. The van der Waals surface area contributed by atoms with Crippen molar-refractivity contribution < 1.29 is 20.1 Å². The van der Waals surface area contributed by atoms with Gasteiger partial charge in [0.15, 0.2) is 0 Å². The van der Waals surface area contributed by atoms with E-state index in [1.54, 1.807) is 0 Å². The molecule has 2 atom stereocenters. The fraction of sp³-hybridized carbons (Fsp3) is 0.267. The molecule has 87 valence electrons. The van der Waals surface area contributed by atoms with Crippen molar-refractivity contribution in [1.82, 2.24) is 4.98 Å². The predicted octanol–water partition coefficient (Wildman–Crippen LogP) is 2.68. The molecule has 1 heterocycles. The second-order valence-corrected chi connectivity index (χ2v) is 4.85. The summed E-state index contributed by atoms with van der Waals surface area (Å²) >= 11 is 0. The van der Waals surface area contributed by atoms with Crippen molar-refractivity contribution in [2.24, 2.45) is 17.8 Å². The SMILES string of the molecule is [C-]1=CC2C3C=CC1(c1ccccn1)C=CC23.[Ir]. The van der Waals surface area contributed by atoms with Gasteiger partial charge < -0.3 is 6.08 Å². The molecule has 0 aromatic carbocycles. The van der Waals surface area contributed by atoms with Crippen LogP contribution in [0.4, 0.5) is 0 Å². The Labute approximate surface area is 115 Å². The predicted molar refractivity (Wildman–Crippen MR) is 62.5 cm³/mol. The number of hydrogen-bond acceptors (Lipinski definition) is 1. The number of hydrogen-bond donors (Lipinski definition) is 0. The van der Waals surface area contributed by atoms with E-state index in [0.717, 1.165) is 17.5 Å². The second-order valence-electron chi connectivity index (χ2n) is 4.85. The summed E-state index contributed by atoms with van der Waals surface area (Å²) in [7, 11) is 0. The van der Waals surface area contributed by atoms with Crippen molar-refractivity contribution in [3.63, 3.8) is 0 Å². The van der Waals surface area contributed by atoms with Crippen LogP contribution in [0.5, 0.6) is 0 Å². The summed E-state index contributed by atoms with van der Waals surface area (Å²) < 4.78 is 0. The molecule has 0 aliphatic heterocycles. The van der Waals surface area contributed by atoms with Crippen LogP contribution in [0.15, 0.2) is 54.8 Å². The molecular formula is C15H12IrN-. The van der Waals surface area contributed by atoms with E-state index in [1.807, 2.05) is 18.3 Å². The maximum atomic E-state index is 4.48. The van der Waals surface area contributed by atoms with Crippen LogP contribution in [0, 0.1) is 23.8 Å². The van der Waals surface area contributed by atoms with E-state index in [9.17, 15) is 0 Å². The van der Waals surface area contributed by atoms with Gasteiger partial charge >= 0.3 is 0 Å². The largest absolute Gasteiger partial charge is 0.480 e. The Morgan fingerprint density at radius 3 is 2.47 bits per heavy atom. The topological polar surface area (TPSA) is 12.9 Å². The minimum absolute atomic E-state index is 0. The van der Waals surface area contributed by atoms with E-state index in [0.29, 0.717) is 5.92 Å². The molecule has 5 rings (SSSR count). The third-order valence-corrected chi connectivity index (χ3v) is 3.96. The molecule has 4 aliphatic rings. The van der Waals surface area contributed by atoms with Crippen molar-refractivity contribution in [2.45, 2.75) is 5.41 Å². The Bertz CT molecular complexity index is 463. The molecular weight excluding hydrogens is 386 g/mol. The first-order chi connectivity index (χ1) is 7.89. The van der Waals surface area contributed by atoms with Crippen molar-refractivity contribution in [3.05, 3.63) is 66.5 Å². The fourth-order valence-corrected chi connectivity index (χ4v) is 2.88. The Kier molecular flexibility index (Phi) is 2.46. The van der Waals surface area contributed by atoms with Gasteiger partial charge in [0.2, 0.25) is 0 Å². The first-order valence-corrected chi connectivity index (χ1v) is 5.80. The zero-order valence-corrected chi connectivity index (χ0v) is 11.6. The van der Waals surface area contributed by atoms with Gasteiger partial charge in [-0.15, -0.1) is 12.2 Å². The third kappa shape index (κ3) is 1.51. The minimum Gasteiger partial charge on any atom is -0.480 e. The molecule has 1 radical (unpaired) electrons. The Morgan fingerprint density at radius 2 is 1.82 bits per heavy atom. The quantitative estimate of drug-likeness (QED) is 0.524. The van der Waals surface area contributed by atoms with E-state index >= 15 is 0 Å². The van der Waals surface area contributed by atoms with Crippen molar-refractivity contribution in [2.75, 3.05) is 0 Å². The second kappa shape index (κ2) is 3.76. The smallest absolute Gasteiger partial charge is 0.0270 e. The van der Waals surface area contributed by atoms with Crippen LogP contribution in [0.2, 0.25) is 0 Å². The van der Waals surface area contributed by atoms with Gasteiger partial charge in [-0.3, -0.25) is 11.1 Å². The molecule has 1 saturated carbocycles. The van der Waals surface area contributed by atoms with Crippen LogP contribution in [-0.2, 0) is 25.5 Å². The van der Waals surface area contributed by atoms with Gasteiger partial charge in [0.1, 0.15) is 0 Å². The summed E-state index contributed by atoms with van der Waals surface area (Å²) in [5.41, 5.74) is 0.861. The Balaban J connectivity index is 0.000000902. The van der Waals surface area contributed by atoms with Crippen molar-refractivity contribution in [3.8, 4) is 0 Å². The molecule has 4 bridgehead atoms. The van der Waals surface area contributed by atoms with E-state index < -0.39 is 0 Å². The monoisotopic (exact) mass is 399 g/mol. The van der Waals surface area contributed by atoms with Gasteiger partial charge in [-0.05, 0) is 29.9 Å². The van der Waals surface area contributed by atoms with Crippen LogP contribution in [0.1, 0.15) is 5.69 Å². The Morgan fingerprint density at radius 1 is 1.06 bits per heavy atom. The van der Waals surface area contributed by atoms with E-state index in [2.05, 4.69) is 47.5 Å². The summed E-state index contributed by atoms with van der Waals surface area (Å²) in [4.78, 5) is 4.48. The summed E-state index contributed by atoms with van der Waals surface area (Å²) in [6.07, 6.45) is 16.9. The van der Waals surface area contributed by atoms with Gasteiger partial charge in [-0.25, -0.2) is 0 Å². The van der Waals surface area contributed by atoms with Crippen LogP contribution < -0.4 is 0 Å². The molecule has 2 heteroatoms.